The van der Waals surface area contributed by atoms with Gasteiger partial charge in [-0.1, -0.05) is 33.6 Å². The summed E-state index contributed by atoms with van der Waals surface area (Å²) in [5, 5.41) is 7.03. The standard InChI is InChI=1S/C20H38N4O2.HI/c1-20(2,3)18-15(9-8-12-26-18)13-21-19(22-14-17(25)24(4)5)23-16-10-6-7-11-16;/h15-16,18H,6-14H2,1-5H3,(H2,21,22,23);1H. The topological polar surface area (TPSA) is 66.0 Å². The molecule has 1 saturated heterocycles. The second-order valence-electron chi connectivity index (χ2n) is 9.02. The van der Waals surface area contributed by atoms with Crippen molar-refractivity contribution in [2.24, 2.45) is 16.3 Å². The molecule has 0 bridgehead atoms. The average molecular weight is 494 g/mol. The number of hydrogen-bond acceptors (Lipinski definition) is 3. The van der Waals surface area contributed by atoms with Crippen LogP contribution in [0.5, 0.6) is 0 Å². The summed E-state index contributed by atoms with van der Waals surface area (Å²) >= 11 is 0. The van der Waals surface area contributed by atoms with Crippen molar-refractivity contribution in [2.45, 2.75) is 71.4 Å². The van der Waals surface area contributed by atoms with E-state index in [2.05, 4.69) is 36.4 Å². The highest BCUT2D eigenvalue weighted by atomic mass is 127. The molecule has 1 amide bonds. The molecule has 2 unspecified atom stereocenters. The number of nitrogens with zero attached hydrogens (tertiary/aromatic N) is 2. The molecule has 2 rings (SSSR count). The summed E-state index contributed by atoms with van der Waals surface area (Å²) in [4.78, 5) is 18.0. The van der Waals surface area contributed by atoms with Crippen LogP contribution < -0.4 is 10.6 Å². The molecular formula is C20H39IN4O2. The molecule has 0 aromatic carbocycles. The van der Waals surface area contributed by atoms with Crippen LogP contribution in [-0.4, -0.2) is 62.7 Å². The lowest BCUT2D eigenvalue weighted by Gasteiger charge is -2.40. The summed E-state index contributed by atoms with van der Waals surface area (Å²) in [6, 6.07) is 0.469. The average Bonchev–Trinajstić information content (AvgIpc) is 3.09. The number of aliphatic imine (C=N–C) groups is 1. The van der Waals surface area contributed by atoms with Crippen molar-refractivity contribution in [3.05, 3.63) is 0 Å². The zero-order valence-electron chi connectivity index (χ0n) is 17.7. The van der Waals surface area contributed by atoms with Crippen LogP contribution in [0.25, 0.3) is 0 Å². The quantitative estimate of drug-likeness (QED) is 0.351. The first-order valence-corrected chi connectivity index (χ1v) is 10.1. The minimum Gasteiger partial charge on any atom is -0.377 e. The van der Waals surface area contributed by atoms with Crippen molar-refractivity contribution < 1.29 is 9.53 Å². The predicted molar refractivity (Wildman–Crippen MR) is 122 cm³/mol. The van der Waals surface area contributed by atoms with E-state index in [1.165, 1.54) is 32.1 Å². The van der Waals surface area contributed by atoms with Gasteiger partial charge in [0.05, 0.1) is 6.10 Å². The van der Waals surface area contributed by atoms with Crippen LogP contribution in [0.3, 0.4) is 0 Å². The molecule has 2 atom stereocenters. The molecule has 7 heteroatoms. The molecule has 1 aliphatic heterocycles. The number of amides is 1. The van der Waals surface area contributed by atoms with Gasteiger partial charge in [0.2, 0.25) is 5.91 Å². The van der Waals surface area contributed by atoms with E-state index in [0.29, 0.717) is 12.0 Å². The Hall–Kier alpha value is -0.570. The van der Waals surface area contributed by atoms with Gasteiger partial charge in [0.15, 0.2) is 5.96 Å². The van der Waals surface area contributed by atoms with Crippen molar-refractivity contribution in [1.29, 1.82) is 0 Å². The Morgan fingerprint density at radius 2 is 1.81 bits per heavy atom. The van der Waals surface area contributed by atoms with Crippen molar-refractivity contribution in [2.75, 3.05) is 33.8 Å². The van der Waals surface area contributed by atoms with E-state index in [9.17, 15) is 4.79 Å². The Morgan fingerprint density at radius 3 is 2.41 bits per heavy atom. The lowest BCUT2D eigenvalue weighted by molar-refractivity contribution is -0.127. The summed E-state index contributed by atoms with van der Waals surface area (Å²) < 4.78 is 6.09. The number of carbonyl (C=O) groups excluding carboxylic acids is 1. The molecule has 1 heterocycles. The van der Waals surface area contributed by atoms with Gasteiger partial charge in [0.25, 0.3) is 0 Å². The van der Waals surface area contributed by atoms with E-state index in [1.54, 1.807) is 19.0 Å². The summed E-state index contributed by atoms with van der Waals surface area (Å²) in [5.41, 5.74) is 0.129. The molecular weight excluding hydrogens is 455 g/mol. The van der Waals surface area contributed by atoms with E-state index >= 15 is 0 Å². The van der Waals surface area contributed by atoms with Crippen molar-refractivity contribution in [3.8, 4) is 0 Å². The highest BCUT2D eigenvalue weighted by Gasteiger charge is 2.35. The second kappa shape index (κ2) is 11.4. The Balaban J connectivity index is 0.00000364. The summed E-state index contributed by atoms with van der Waals surface area (Å²) in [6.07, 6.45) is 7.43. The number of carbonyl (C=O) groups is 1. The first-order valence-electron chi connectivity index (χ1n) is 10.1. The van der Waals surface area contributed by atoms with Crippen molar-refractivity contribution in [1.82, 2.24) is 15.5 Å². The lowest BCUT2D eigenvalue weighted by atomic mass is 9.78. The number of guanidine groups is 1. The van der Waals surface area contributed by atoms with Crippen molar-refractivity contribution >= 4 is 35.8 Å². The second-order valence-corrected chi connectivity index (χ2v) is 9.02. The maximum absolute atomic E-state index is 11.9. The van der Waals surface area contributed by atoms with E-state index in [0.717, 1.165) is 25.5 Å². The third-order valence-corrected chi connectivity index (χ3v) is 5.40. The SMILES string of the molecule is CN(C)C(=O)CN=C(NCC1CCCOC1C(C)(C)C)NC1CCCC1.I. The Morgan fingerprint density at radius 1 is 1.15 bits per heavy atom. The Bertz CT molecular complexity index is 485. The van der Waals surface area contributed by atoms with Gasteiger partial charge in [0, 0.05) is 39.2 Å². The molecule has 1 aliphatic carbocycles. The van der Waals surface area contributed by atoms with Crippen LogP contribution in [0.4, 0.5) is 0 Å². The fourth-order valence-electron chi connectivity index (χ4n) is 3.94. The smallest absolute Gasteiger partial charge is 0.243 e. The zero-order valence-corrected chi connectivity index (χ0v) is 20.0. The van der Waals surface area contributed by atoms with Gasteiger partial charge in [-0.15, -0.1) is 24.0 Å². The molecule has 2 fully saturated rings. The summed E-state index contributed by atoms with van der Waals surface area (Å²) in [5.74, 6) is 1.25. The van der Waals surface area contributed by atoms with Crippen LogP contribution in [-0.2, 0) is 9.53 Å². The van der Waals surface area contributed by atoms with Crippen LogP contribution >= 0.6 is 24.0 Å². The molecule has 2 N–H and O–H groups in total. The summed E-state index contributed by atoms with van der Waals surface area (Å²) in [7, 11) is 3.53. The summed E-state index contributed by atoms with van der Waals surface area (Å²) in [6.45, 7) is 8.61. The molecule has 2 aliphatic rings. The van der Waals surface area contributed by atoms with Crippen LogP contribution in [0.15, 0.2) is 4.99 Å². The van der Waals surface area contributed by atoms with Crippen molar-refractivity contribution in [3.63, 3.8) is 0 Å². The van der Waals surface area contributed by atoms with Gasteiger partial charge < -0.3 is 20.3 Å². The highest BCUT2D eigenvalue weighted by molar-refractivity contribution is 14.0. The number of hydrogen-bond donors (Lipinski definition) is 2. The maximum Gasteiger partial charge on any atom is 0.243 e. The minimum atomic E-state index is 0. The van der Waals surface area contributed by atoms with Crippen LogP contribution in [0.2, 0.25) is 0 Å². The third kappa shape index (κ3) is 8.13. The third-order valence-electron chi connectivity index (χ3n) is 5.40. The highest BCUT2D eigenvalue weighted by Crippen LogP contribution is 2.33. The number of rotatable bonds is 5. The normalized spacial score (nSPS) is 24.3. The fraction of sp³-hybridized carbons (Fsp3) is 0.900. The molecule has 0 spiro atoms. The molecule has 6 nitrogen and oxygen atoms in total. The lowest BCUT2D eigenvalue weighted by Crippen LogP contribution is -2.49. The maximum atomic E-state index is 11.9. The molecule has 0 radical (unpaired) electrons. The van der Waals surface area contributed by atoms with Gasteiger partial charge >= 0.3 is 0 Å². The zero-order chi connectivity index (χ0) is 19.2. The molecule has 1 saturated carbocycles. The predicted octanol–water partition coefficient (Wildman–Crippen LogP) is 3.01. The number of nitrogens with one attached hydrogen (secondary N) is 2. The van der Waals surface area contributed by atoms with Gasteiger partial charge in [0.1, 0.15) is 6.54 Å². The number of ether oxygens (including phenoxy) is 1. The Labute approximate surface area is 182 Å². The van der Waals surface area contributed by atoms with Gasteiger partial charge in [-0.2, -0.15) is 0 Å². The number of likely N-dealkylation sites (N-methyl/N-ethyl adjacent to an activating group) is 1. The Kier molecular flexibility index (Phi) is 10.4. The van der Waals surface area contributed by atoms with Gasteiger partial charge in [-0.3, -0.25) is 4.79 Å². The molecule has 0 aromatic rings. The van der Waals surface area contributed by atoms with E-state index in [4.69, 9.17) is 4.74 Å². The van der Waals surface area contributed by atoms with E-state index in [-0.39, 0.29) is 47.9 Å². The van der Waals surface area contributed by atoms with E-state index in [1.807, 2.05) is 0 Å². The van der Waals surface area contributed by atoms with E-state index < -0.39 is 0 Å². The minimum absolute atomic E-state index is 0. The number of halogens is 1. The van der Waals surface area contributed by atoms with Crippen LogP contribution in [0, 0.1) is 11.3 Å². The first-order chi connectivity index (χ1) is 12.3. The monoisotopic (exact) mass is 494 g/mol. The molecule has 158 valence electrons. The molecule has 0 aromatic heterocycles. The van der Waals surface area contributed by atoms with Gasteiger partial charge in [-0.05, 0) is 31.1 Å². The fourth-order valence-corrected chi connectivity index (χ4v) is 3.94. The van der Waals surface area contributed by atoms with Crippen LogP contribution in [0.1, 0.15) is 59.3 Å². The largest absolute Gasteiger partial charge is 0.377 e. The molecule has 27 heavy (non-hydrogen) atoms. The first kappa shape index (κ1) is 24.5. The van der Waals surface area contributed by atoms with Gasteiger partial charge in [-0.25, -0.2) is 4.99 Å².